The van der Waals surface area contributed by atoms with Crippen LogP contribution in [0.1, 0.15) is 12.0 Å². The monoisotopic (exact) mass is 527 g/mol. The van der Waals surface area contributed by atoms with Crippen LogP contribution in [0.2, 0.25) is 5.02 Å². The summed E-state index contributed by atoms with van der Waals surface area (Å²) in [6, 6.07) is 10.7. The van der Waals surface area contributed by atoms with Crippen molar-refractivity contribution in [1.82, 2.24) is 18.9 Å². The van der Waals surface area contributed by atoms with Crippen LogP contribution in [0.15, 0.2) is 63.2 Å². The van der Waals surface area contributed by atoms with E-state index in [1.165, 1.54) is 34.7 Å². The number of aryl methyl sites for hydroxylation is 2. The summed E-state index contributed by atoms with van der Waals surface area (Å²) in [5.41, 5.74) is 0.999. The van der Waals surface area contributed by atoms with Crippen molar-refractivity contribution in [2.24, 2.45) is 0 Å². The lowest BCUT2D eigenvalue weighted by atomic mass is 10.2. The number of sulfone groups is 1. The van der Waals surface area contributed by atoms with Gasteiger partial charge in [-0.1, -0.05) is 17.7 Å². The van der Waals surface area contributed by atoms with Gasteiger partial charge in [0.15, 0.2) is 0 Å². The summed E-state index contributed by atoms with van der Waals surface area (Å²) in [6.45, 7) is 5.97. The van der Waals surface area contributed by atoms with Crippen LogP contribution in [0.4, 0.5) is 0 Å². The van der Waals surface area contributed by atoms with Gasteiger partial charge in [-0.3, -0.25) is 19.5 Å². The lowest BCUT2D eigenvalue weighted by Crippen LogP contribution is -2.37. The molecule has 1 saturated heterocycles. The molecule has 1 aliphatic heterocycles. The molecule has 3 aromatic heterocycles. The molecule has 1 N–H and O–H groups in total. The average Bonchev–Trinajstić information content (AvgIpc) is 2.87. The number of nitrogens with zero attached hydrogens (tertiary/aromatic N) is 4. The smallest absolute Gasteiger partial charge is 0.267 e. The first-order valence-electron chi connectivity index (χ1n) is 11.7. The summed E-state index contributed by atoms with van der Waals surface area (Å²) >= 11 is 5.95. The molecule has 4 heterocycles. The van der Waals surface area contributed by atoms with Gasteiger partial charge in [-0.25, -0.2) is 13.4 Å². The molecular weight excluding hydrogens is 502 g/mol. The van der Waals surface area contributed by atoms with Gasteiger partial charge in [0.2, 0.25) is 9.84 Å². The highest BCUT2D eigenvalue weighted by Crippen LogP contribution is 2.23. The van der Waals surface area contributed by atoms with Gasteiger partial charge in [0.1, 0.15) is 21.7 Å². The minimum atomic E-state index is -4.09. The van der Waals surface area contributed by atoms with Gasteiger partial charge in [-0.15, -0.1) is 0 Å². The molecule has 0 atom stereocenters. The second-order valence-electron chi connectivity index (χ2n) is 8.81. The number of halogens is 1. The number of ether oxygens (including phenoxy) is 1. The number of pyridine rings is 2. The van der Waals surface area contributed by atoms with Crippen LogP contribution in [-0.2, 0) is 21.1 Å². The Morgan fingerprint density at radius 1 is 1.08 bits per heavy atom. The van der Waals surface area contributed by atoms with Crippen molar-refractivity contribution in [2.75, 3.05) is 32.8 Å². The molecule has 4 aromatic rings. The third-order valence-electron chi connectivity index (χ3n) is 6.47. The summed E-state index contributed by atoms with van der Waals surface area (Å²) in [5.74, 6) is 0. The molecule has 0 amide bonds. The Balaban J connectivity index is 1.70. The van der Waals surface area contributed by atoms with Gasteiger partial charge in [0.25, 0.3) is 5.56 Å². The molecule has 0 unspecified atom stereocenters. The van der Waals surface area contributed by atoms with Gasteiger partial charge >= 0.3 is 0 Å². The number of benzene rings is 1. The zero-order valence-electron chi connectivity index (χ0n) is 19.8. The molecule has 0 radical (unpaired) electrons. The van der Waals surface area contributed by atoms with Crippen molar-refractivity contribution in [3.8, 4) is 0 Å². The fraction of sp³-hybridized carbons (Fsp3) is 0.320. The summed E-state index contributed by atoms with van der Waals surface area (Å²) in [7, 11) is -4.09. The number of hydrogen-bond acceptors (Lipinski definition) is 7. The van der Waals surface area contributed by atoms with Crippen LogP contribution >= 0.6 is 11.6 Å². The lowest BCUT2D eigenvalue weighted by molar-refractivity contribution is 0.0369. The molecule has 11 heteroatoms. The first-order chi connectivity index (χ1) is 17.3. The minimum Gasteiger partial charge on any atom is -0.379 e. The van der Waals surface area contributed by atoms with Crippen molar-refractivity contribution in [2.45, 2.75) is 29.7 Å². The zero-order chi connectivity index (χ0) is 25.4. The lowest BCUT2D eigenvalue weighted by Gasteiger charge is -2.26. The van der Waals surface area contributed by atoms with Crippen molar-refractivity contribution in [3.63, 3.8) is 0 Å². The molecule has 1 aromatic carbocycles. The highest BCUT2D eigenvalue weighted by Gasteiger charge is 2.24. The highest BCUT2D eigenvalue weighted by atomic mass is 35.5. The molecule has 0 aliphatic carbocycles. The number of hydrogen-bond donors (Lipinski definition) is 1. The molecule has 0 spiro atoms. The fourth-order valence-electron chi connectivity index (χ4n) is 4.51. The van der Waals surface area contributed by atoms with E-state index < -0.39 is 9.84 Å². The third kappa shape index (κ3) is 4.45. The number of aromatic nitrogens is 3. The maximum Gasteiger partial charge on any atom is 0.267 e. The van der Waals surface area contributed by atoms with E-state index in [1.54, 1.807) is 16.8 Å². The first-order valence-corrected chi connectivity index (χ1v) is 13.5. The normalized spacial score (nSPS) is 15.1. The largest absolute Gasteiger partial charge is 0.379 e. The van der Waals surface area contributed by atoms with Crippen LogP contribution in [0.3, 0.4) is 0 Å². The quantitative estimate of drug-likeness (QED) is 0.386. The van der Waals surface area contributed by atoms with Crippen molar-refractivity contribution >= 4 is 38.1 Å². The first kappa shape index (κ1) is 24.6. The van der Waals surface area contributed by atoms with Gasteiger partial charge < -0.3 is 9.30 Å². The topological polar surface area (TPSA) is 110 Å². The van der Waals surface area contributed by atoms with E-state index in [-0.39, 0.29) is 26.2 Å². The van der Waals surface area contributed by atoms with Crippen LogP contribution in [0.25, 0.3) is 16.7 Å². The van der Waals surface area contributed by atoms with Gasteiger partial charge in [-0.2, -0.15) is 0 Å². The molecule has 1 aliphatic rings. The molecule has 5 rings (SSSR count). The second-order valence-corrected chi connectivity index (χ2v) is 11.2. The van der Waals surface area contributed by atoms with E-state index in [4.69, 9.17) is 26.7 Å². The number of nitrogens with one attached hydrogen (secondary N) is 1. The van der Waals surface area contributed by atoms with E-state index in [1.807, 2.05) is 13.0 Å². The van der Waals surface area contributed by atoms with Crippen molar-refractivity contribution in [3.05, 3.63) is 75.1 Å². The molecule has 9 nitrogen and oxygen atoms in total. The van der Waals surface area contributed by atoms with Gasteiger partial charge in [0, 0.05) is 37.4 Å². The van der Waals surface area contributed by atoms with Crippen molar-refractivity contribution < 1.29 is 13.2 Å². The molecule has 0 saturated carbocycles. The number of rotatable bonds is 6. The predicted octanol–water partition coefficient (Wildman–Crippen LogP) is 2.65. The van der Waals surface area contributed by atoms with E-state index in [0.29, 0.717) is 42.5 Å². The van der Waals surface area contributed by atoms with E-state index in [2.05, 4.69) is 4.90 Å². The second kappa shape index (κ2) is 9.78. The Kier molecular flexibility index (Phi) is 6.69. The van der Waals surface area contributed by atoms with Gasteiger partial charge in [0.05, 0.1) is 23.5 Å². The number of morpholine rings is 1. The van der Waals surface area contributed by atoms with Crippen LogP contribution in [-0.4, -0.2) is 60.1 Å². The third-order valence-corrected chi connectivity index (χ3v) is 8.51. The van der Waals surface area contributed by atoms with Crippen molar-refractivity contribution in [1.29, 1.82) is 5.41 Å². The Bertz CT molecular complexity index is 1670. The molecule has 0 bridgehead atoms. The van der Waals surface area contributed by atoms with Gasteiger partial charge in [-0.05, 0) is 55.3 Å². The van der Waals surface area contributed by atoms with E-state index in [0.717, 1.165) is 25.2 Å². The predicted molar refractivity (Wildman–Crippen MR) is 136 cm³/mol. The standard InChI is InChI=1S/C25H26ClN5O4S/c1-17-4-2-10-31-23(17)28-24-20(25(31)32)16-21(36(33,34)19-7-5-18(26)6-8-19)22(27)30(24)11-3-9-29-12-14-35-15-13-29/h2,4-8,10,16,27H,3,9,11-15H2,1H3. The molecule has 188 valence electrons. The fourth-order valence-corrected chi connectivity index (χ4v) is 6.02. The highest BCUT2D eigenvalue weighted by molar-refractivity contribution is 7.91. The number of fused-ring (bicyclic) bond motifs is 2. The summed E-state index contributed by atoms with van der Waals surface area (Å²) < 4.78 is 35.5. The summed E-state index contributed by atoms with van der Waals surface area (Å²) in [5, 5.41) is 9.46. The Hall–Kier alpha value is -3.05. The Labute approximate surface area is 213 Å². The maximum atomic E-state index is 13.6. The Morgan fingerprint density at radius 2 is 1.81 bits per heavy atom. The summed E-state index contributed by atoms with van der Waals surface area (Å²) in [4.78, 5) is 20.3. The molecule has 1 fully saturated rings. The Morgan fingerprint density at radius 3 is 2.53 bits per heavy atom. The van der Waals surface area contributed by atoms with Crippen LogP contribution in [0, 0.1) is 12.3 Å². The molecule has 36 heavy (non-hydrogen) atoms. The zero-order valence-corrected chi connectivity index (χ0v) is 21.3. The SMILES string of the molecule is Cc1cccn2c(=O)c3cc(S(=O)(=O)c4ccc(Cl)cc4)c(=N)n(CCCN4CCOCC4)c3nc12. The maximum absolute atomic E-state index is 13.6. The van der Waals surface area contributed by atoms with E-state index in [9.17, 15) is 13.2 Å². The van der Waals surface area contributed by atoms with E-state index >= 15 is 0 Å². The average molecular weight is 528 g/mol. The minimum absolute atomic E-state index is 0.00399. The molecular formula is C25H26ClN5O4S. The summed E-state index contributed by atoms with van der Waals surface area (Å²) in [6.07, 6.45) is 2.27. The van der Waals surface area contributed by atoms with Crippen LogP contribution in [0.5, 0.6) is 0 Å². The van der Waals surface area contributed by atoms with Crippen LogP contribution < -0.4 is 11.0 Å².